The molecule has 0 unspecified atom stereocenters. The molecule has 2 rings (SSSR count). The Morgan fingerprint density at radius 2 is 1.12 bits per heavy atom. The molecule has 4 N–H and O–H groups in total. The summed E-state index contributed by atoms with van der Waals surface area (Å²) in [5.74, 6) is 0. The zero-order chi connectivity index (χ0) is 18.7. The highest BCUT2D eigenvalue weighted by Crippen LogP contribution is 2.39. The third-order valence-electron chi connectivity index (χ3n) is 4.97. The Hall–Kier alpha value is -1.38. The van der Waals surface area contributed by atoms with Gasteiger partial charge in [-0.1, -0.05) is 63.0 Å². The Labute approximate surface area is 161 Å². The Morgan fingerprint density at radius 1 is 0.680 bits per heavy atom. The molecule has 2 aromatic rings. The van der Waals surface area contributed by atoms with Crippen molar-refractivity contribution in [2.45, 2.75) is 59.8 Å². The zero-order valence-electron chi connectivity index (χ0n) is 15.6. The van der Waals surface area contributed by atoms with Crippen molar-refractivity contribution in [2.75, 3.05) is 11.5 Å². The summed E-state index contributed by atoms with van der Waals surface area (Å²) < 4.78 is 0. The Balaban J connectivity index is 2.61. The predicted octanol–water partition coefficient (Wildman–Crippen LogP) is 6.00. The van der Waals surface area contributed by atoms with Crippen LogP contribution in [-0.2, 0) is 32.1 Å². The van der Waals surface area contributed by atoms with Gasteiger partial charge in [0.1, 0.15) is 0 Å². The molecule has 0 atom stereocenters. The monoisotopic (exact) mass is 378 g/mol. The fraction of sp³-hybridized carbons (Fsp3) is 0.429. The molecule has 0 aliphatic rings. The van der Waals surface area contributed by atoms with E-state index in [9.17, 15) is 0 Å². The summed E-state index contributed by atoms with van der Waals surface area (Å²) in [6.07, 6.45) is 4.11. The standard InChI is InChI=1S/C21H28Cl2N2/c1-5-13-9-12(10-14(6-2)20(13)24)11-17-18(22)15(7-3)21(25)16(8-4)19(17)23/h9-10H,5-8,11,24-25H2,1-4H3. The number of halogens is 2. The molecule has 25 heavy (non-hydrogen) atoms. The van der Waals surface area contributed by atoms with E-state index in [0.717, 1.165) is 53.7 Å². The first-order valence-corrected chi connectivity index (χ1v) is 9.82. The Morgan fingerprint density at radius 3 is 1.48 bits per heavy atom. The second kappa shape index (κ2) is 8.33. The van der Waals surface area contributed by atoms with Gasteiger partial charge < -0.3 is 11.5 Å². The van der Waals surface area contributed by atoms with Gasteiger partial charge in [0.2, 0.25) is 0 Å². The van der Waals surface area contributed by atoms with Crippen molar-refractivity contribution in [3.05, 3.63) is 55.6 Å². The van der Waals surface area contributed by atoms with Crippen molar-refractivity contribution in [2.24, 2.45) is 0 Å². The minimum atomic E-state index is 0.693. The van der Waals surface area contributed by atoms with E-state index in [1.807, 2.05) is 0 Å². The number of aryl methyl sites for hydroxylation is 2. The molecule has 0 bridgehead atoms. The largest absolute Gasteiger partial charge is 0.398 e. The molecule has 4 heteroatoms. The Kier molecular flexibility index (Phi) is 6.65. The quantitative estimate of drug-likeness (QED) is 0.605. The summed E-state index contributed by atoms with van der Waals surface area (Å²) in [4.78, 5) is 0. The van der Waals surface area contributed by atoms with Gasteiger partial charge in [0.25, 0.3) is 0 Å². The molecule has 0 saturated carbocycles. The number of hydrogen-bond acceptors (Lipinski definition) is 2. The third kappa shape index (κ3) is 3.75. The third-order valence-corrected chi connectivity index (χ3v) is 5.88. The molecule has 0 aliphatic heterocycles. The van der Waals surface area contributed by atoms with Crippen LogP contribution in [0.5, 0.6) is 0 Å². The molecular weight excluding hydrogens is 351 g/mol. The first-order chi connectivity index (χ1) is 11.9. The van der Waals surface area contributed by atoms with Gasteiger partial charge in [-0.15, -0.1) is 0 Å². The minimum absolute atomic E-state index is 0.693. The van der Waals surface area contributed by atoms with Crippen LogP contribution in [-0.4, -0.2) is 0 Å². The van der Waals surface area contributed by atoms with Crippen LogP contribution < -0.4 is 11.5 Å². The number of benzene rings is 2. The van der Waals surface area contributed by atoms with Gasteiger partial charge in [-0.3, -0.25) is 0 Å². The average Bonchev–Trinajstić information content (AvgIpc) is 2.60. The summed E-state index contributed by atoms with van der Waals surface area (Å²) in [6, 6.07) is 4.35. The topological polar surface area (TPSA) is 52.0 Å². The fourth-order valence-electron chi connectivity index (χ4n) is 3.47. The number of nitrogens with two attached hydrogens (primary N) is 2. The van der Waals surface area contributed by atoms with Crippen LogP contribution in [0, 0.1) is 0 Å². The van der Waals surface area contributed by atoms with E-state index in [1.165, 1.54) is 16.7 Å². The van der Waals surface area contributed by atoms with Crippen molar-refractivity contribution in [3.8, 4) is 0 Å². The van der Waals surface area contributed by atoms with Crippen molar-refractivity contribution in [3.63, 3.8) is 0 Å². The highest BCUT2D eigenvalue weighted by molar-refractivity contribution is 6.37. The summed E-state index contributed by atoms with van der Waals surface area (Å²) in [7, 11) is 0. The summed E-state index contributed by atoms with van der Waals surface area (Å²) in [6.45, 7) is 8.40. The van der Waals surface area contributed by atoms with Crippen LogP contribution in [0.25, 0.3) is 0 Å². The van der Waals surface area contributed by atoms with E-state index in [4.69, 9.17) is 34.7 Å². The zero-order valence-corrected chi connectivity index (χ0v) is 17.1. The molecule has 0 heterocycles. The van der Waals surface area contributed by atoms with Gasteiger partial charge in [-0.25, -0.2) is 0 Å². The normalized spacial score (nSPS) is 11.1. The molecule has 0 saturated heterocycles. The van der Waals surface area contributed by atoms with Crippen molar-refractivity contribution < 1.29 is 0 Å². The molecule has 0 fully saturated rings. The van der Waals surface area contributed by atoms with Gasteiger partial charge in [0.15, 0.2) is 0 Å². The molecular formula is C21H28Cl2N2. The molecule has 0 radical (unpaired) electrons. The lowest BCUT2D eigenvalue weighted by Crippen LogP contribution is -2.06. The first-order valence-electron chi connectivity index (χ1n) is 9.06. The fourth-order valence-corrected chi connectivity index (χ4v) is 4.31. The maximum Gasteiger partial charge on any atom is 0.0508 e. The van der Waals surface area contributed by atoms with E-state index >= 15 is 0 Å². The van der Waals surface area contributed by atoms with Gasteiger partial charge >= 0.3 is 0 Å². The molecule has 2 nitrogen and oxygen atoms in total. The summed E-state index contributed by atoms with van der Waals surface area (Å²) >= 11 is 13.4. The second-order valence-corrected chi connectivity index (χ2v) is 7.15. The highest BCUT2D eigenvalue weighted by atomic mass is 35.5. The van der Waals surface area contributed by atoms with Crippen molar-refractivity contribution in [1.29, 1.82) is 0 Å². The van der Waals surface area contributed by atoms with E-state index < -0.39 is 0 Å². The van der Waals surface area contributed by atoms with E-state index in [1.54, 1.807) is 0 Å². The van der Waals surface area contributed by atoms with Crippen LogP contribution in [0.3, 0.4) is 0 Å². The molecule has 0 spiro atoms. The SMILES string of the molecule is CCc1cc(Cc2c(Cl)c(CC)c(N)c(CC)c2Cl)cc(CC)c1N. The van der Waals surface area contributed by atoms with Gasteiger partial charge in [0.05, 0.1) is 10.0 Å². The van der Waals surface area contributed by atoms with Crippen LogP contribution in [0.2, 0.25) is 10.0 Å². The minimum Gasteiger partial charge on any atom is -0.398 e. The van der Waals surface area contributed by atoms with Gasteiger partial charge in [-0.05, 0) is 59.1 Å². The van der Waals surface area contributed by atoms with Crippen LogP contribution >= 0.6 is 23.2 Å². The number of rotatable bonds is 6. The van der Waals surface area contributed by atoms with Gasteiger partial charge in [-0.2, -0.15) is 0 Å². The van der Waals surface area contributed by atoms with Crippen LogP contribution in [0.1, 0.15) is 61.1 Å². The maximum absolute atomic E-state index is 6.69. The molecule has 0 amide bonds. The lowest BCUT2D eigenvalue weighted by Gasteiger charge is -2.19. The molecule has 2 aromatic carbocycles. The Bertz CT molecular complexity index is 726. The van der Waals surface area contributed by atoms with Crippen LogP contribution in [0.15, 0.2) is 12.1 Å². The number of nitrogen functional groups attached to an aromatic ring is 2. The summed E-state index contributed by atoms with van der Waals surface area (Å²) in [5, 5.41) is 1.41. The molecule has 0 aliphatic carbocycles. The predicted molar refractivity (Wildman–Crippen MR) is 112 cm³/mol. The number of anilines is 2. The lowest BCUT2D eigenvalue weighted by atomic mass is 9.92. The van der Waals surface area contributed by atoms with E-state index in [0.29, 0.717) is 16.5 Å². The average molecular weight is 379 g/mol. The van der Waals surface area contributed by atoms with Crippen LogP contribution in [0.4, 0.5) is 11.4 Å². The summed E-state index contributed by atoms with van der Waals surface area (Å²) in [5.41, 5.74) is 20.7. The molecule has 136 valence electrons. The highest BCUT2D eigenvalue weighted by Gasteiger charge is 2.19. The smallest absolute Gasteiger partial charge is 0.0508 e. The lowest BCUT2D eigenvalue weighted by molar-refractivity contribution is 1.04. The number of hydrogen-bond donors (Lipinski definition) is 2. The van der Waals surface area contributed by atoms with E-state index in [2.05, 4.69) is 39.8 Å². The van der Waals surface area contributed by atoms with Gasteiger partial charge in [0, 0.05) is 17.8 Å². The van der Waals surface area contributed by atoms with E-state index in [-0.39, 0.29) is 0 Å². The van der Waals surface area contributed by atoms with Crippen molar-refractivity contribution >= 4 is 34.6 Å². The second-order valence-electron chi connectivity index (χ2n) is 6.40. The maximum atomic E-state index is 6.69. The first kappa shape index (κ1) is 19.9. The van der Waals surface area contributed by atoms with Crippen molar-refractivity contribution in [1.82, 2.24) is 0 Å². The molecule has 0 aromatic heterocycles.